The van der Waals surface area contributed by atoms with Crippen LogP contribution in [0.5, 0.6) is 0 Å². The molecule has 0 aliphatic heterocycles. The van der Waals surface area contributed by atoms with Gasteiger partial charge in [0.1, 0.15) is 0 Å². The summed E-state index contributed by atoms with van der Waals surface area (Å²) in [6.07, 6.45) is -0.499. The molecule has 1 aliphatic carbocycles. The second-order valence-electron chi connectivity index (χ2n) is 5.14. The molecule has 0 aromatic heterocycles. The van der Waals surface area contributed by atoms with E-state index in [9.17, 15) is 27.6 Å². The molecule has 0 radical (unpaired) electrons. The average molecular weight is 341 g/mol. The van der Waals surface area contributed by atoms with Crippen molar-refractivity contribution < 1.29 is 27.6 Å². The van der Waals surface area contributed by atoms with Crippen molar-refractivity contribution in [2.24, 2.45) is 0 Å². The predicted molar refractivity (Wildman–Crippen MR) is 77.9 cm³/mol. The quantitative estimate of drug-likeness (QED) is 0.438. The SMILES string of the molecule is O=C(/C=C/c1ccc(C(F)(F)F)cc1)NNC(=O)C(=O)NC1CC1. The molecule has 0 spiro atoms. The molecular formula is C15H14F3N3O3. The number of halogens is 3. The third kappa shape index (κ3) is 5.41. The second kappa shape index (κ2) is 7.16. The Hall–Kier alpha value is -2.84. The number of rotatable bonds is 3. The molecule has 0 unspecified atom stereocenters. The molecule has 2 rings (SSSR count). The van der Waals surface area contributed by atoms with Crippen LogP contribution in [-0.4, -0.2) is 23.8 Å². The maximum absolute atomic E-state index is 12.4. The number of hydrogen-bond donors (Lipinski definition) is 3. The Morgan fingerprint density at radius 3 is 2.17 bits per heavy atom. The summed E-state index contributed by atoms with van der Waals surface area (Å²) in [5, 5.41) is 2.44. The first-order valence-electron chi connectivity index (χ1n) is 7.02. The van der Waals surface area contributed by atoms with Gasteiger partial charge in [-0.15, -0.1) is 0 Å². The molecule has 0 saturated heterocycles. The fourth-order valence-corrected chi connectivity index (χ4v) is 1.65. The van der Waals surface area contributed by atoms with E-state index in [-0.39, 0.29) is 6.04 Å². The number of alkyl halides is 3. The Kier molecular flexibility index (Phi) is 5.22. The van der Waals surface area contributed by atoms with Crippen LogP contribution >= 0.6 is 0 Å². The van der Waals surface area contributed by atoms with Gasteiger partial charge in [-0.2, -0.15) is 13.2 Å². The molecule has 6 nitrogen and oxygen atoms in total. The van der Waals surface area contributed by atoms with Crippen LogP contribution in [0.1, 0.15) is 24.0 Å². The smallest absolute Gasteiger partial charge is 0.345 e. The van der Waals surface area contributed by atoms with Gasteiger partial charge >= 0.3 is 18.0 Å². The van der Waals surface area contributed by atoms with Gasteiger partial charge in [0.05, 0.1) is 5.56 Å². The van der Waals surface area contributed by atoms with E-state index in [2.05, 4.69) is 5.32 Å². The number of benzene rings is 1. The van der Waals surface area contributed by atoms with Crippen LogP contribution in [0.4, 0.5) is 13.2 Å². The summed E-state index contributed by atoms with van der Waals surface area (Å²) in [5.41, 5.74) is 3.50. The number of carbonyl (C=O) groups is 3. The maximum atomic E-state index is 12.4. The Labute approximate surface area is 135 Å². The van der Waals surface area contributed by atoms with Crippen molar-refractivity contribution in [3.8, 4) is 0 Å². The lowest BCUT2D eigenvalue weighted by molar-refractivity contribution is -0.140. The first-order chi connectivity index (χ1) is 11.3. The van der Waals surface area contributed by atoms with Crippen LogP contribution < -0.4 is 16.2 Å². The van der Waals surface area contributed by atoms with Gasteiger partial charge in [-0.3, -0.25) is 25.2 Å². The minimum Gasteiger partial charge on any atom is -0.345 e. The van der Waals surface area contributed by atoms with E-state index in [1.165, 1.54) is 18.2 Å². The number of amides is 3. The highest BCUT2D eigenvalue weighted by Crippen LogP contribution is 2.29. The van der Waals surface area contributed by atoms with E-state index in [4.69, 9.17) is 0 Å². The highest BCUT2D eigenvalue weighted by Gasteiger charge is 2.29. The van der Waals surface area contributed by atoms with Gasteiger partial charge in [-0.05, 0) is 36.6 Å². The zero-order valence-corrected chi connectivity index (χ0v) is 12.3. The van der Waals surface area contributed by atoms with Crippen molar-refractivity contribution in [1.82, 2.24) is 16.2 Å². The maximum Gasteiger partial charge on any atom is 0.416 e. The molecule has 24 heavy (non-hydrogen) atoms. The molecule has 0 atom stereocenters. The summed E-state index contributed by atoms with van der Waals surface area (Å²) < 4.78 is 37.2. The molecule has 3 N–H and O–H groups in total. The van der Waals surface area contributed by atoms with Crippen LogP contribution in [0.2, 0.25) is 0 Å². The Morgan fingerprint density at radius 1 is 1.00 bits per heavy atom. The predicted octanol–water partition coefficient (Wildman–Crippen LogP) is 1.14. The minimum absolute atomic E-state index is 0.0125. The lowest BCUT2D eigenvalue weighted by atomic mass is 10.1. The zero-order chi connectivity index (χ0) is 17.7. The summed E-state index contributed by atoms with van der Waals surface area (Å²) in [4.78, 5) is 34.1. The lowest BCUT2D eigenvalue weighted by Gasteiger charge is -2.06. The molecule has 9 heteroatoms. The first-order valence-corrected chi connectivity index (χ1v) is 7.02. The van der Waals surface area contributed by atoms with Gasteiger partial charge in [0.25, 0.3) is 5.91 Å². The average Bonchev–Trinajstić information content (AvgIpc) is 3.34. The van der Waals surface area contributed by atoms with Crippen molar-refractivity contribution in [1.29, 1.82) is 0 Å². The van der Waals surface area contributed by atoms with Crippen molar-refractivity contribution in [3.05, 3.63) is 41.5 Å². The first kappa shape index (κ1) is 17.5. The van der Waals surface area contributed by atoms with E-state index >= 15 is 0 Å². The molecule has 128 valence electrons. The van der Waals surface area contributed by atoms with Gasteiger partial charge in [0.15, 0.2) is 0 Å². The number of hydrogen-bond acceptors (Lipinski definition) is 3. The monoisotopic (exact) mass is 341 g/mol. The van der Waals surface area contributed by atoms with E-state index in [1.54, 1.807) is 0 Å². The molecular weight excluding hydrogens is 327 g/mol. The van der Waals surface area contributed by atoms with Crippen molar-refractivity contribution in [2.75, 3.05) is 0 Å². The third-order valence-electron chi connectivity index (χ3n) is 3.08. The van der Waals surface area contributed by atoms with Gasteiger partial charge in [-0.1, -0.05) is 12.1 Å². The second-order valence-corrected chi connectivity index (χ2v) is 5.14. The largest absolute Gasteiger partial charge is 0.416 e. The molecule has 3 amide bonds. The van der Waals surface area contributed by atoms with Gasteiger partial charge in [0.2, 0.25) is 0 Å². The number of hydrazine groups is 1. The summed E-state index contributed by atoms with van der Waals surface area (Å²) in [6.45, 7) is 0. The highest BCUT2D eigenvalue weighted by molar-refractivity contribution is 6.35. The van der Waals surface area contributed by atoms with Gasteiger partial charge < -0.3 is 5.32 Å². The molecule has 1 saturated carbocycles. The summed E-state index contributed by atoms with van der Waals surface area (Å²) >= 11 is 0. The Balaban J connectivity index is 1.79. The fraction of sp³-hybridized carbons (Fsp3) is 0.267. The summed E-state index contributed by atoms with van der Waals surface area (Å²) in [5.74, 6) is -2.58. The van der Waals surface area contributed by atoms with Crippen LogP contribution in [0.15, 0.2) is 30.3 Å². The van der Waals surface area contributed by atoms with E-state index in [0.29, 0.717) is 5.56 Å². The molecule has 0 bridgehead atoms. The van der Waals surface area contributed by atoms with Crippen molar-refractivity contribution >= 4 is 23.8 Å². The van der Waals surface area contributed by atoms with Crippen molar-refractivity contribution in [3.63, 3.8) is 0 Å². The van der Waals surface area contributed by atoms with E-state index in [0.717, 1.165) is 31.1 Å². The normalized spacial score (nSPS) is 14.3. The molecule has 1 aromatic carbocycles. The highest BCUT2D eigenvalue weighted by atomic mass is 19.4. The standard InChI is InChI=1S/C15H14F3N3O3/c16-15(17,18)10-4-1-9(2-5-10)3-8-12(22)20-21-14(24)13(23)19-11-6-7-11/h1-5,8,11H,6-7H2,(H,19,23)(H,20,22)(H,21,24)/b8-3+. The lowest BCUT2D eigenvalue weighted by Crippen LogP contribution is -2.48. The van der Waals surface area contributed by atoms with Crippen molar-refractivity contribution in [2.45, 2.75) is 25.1 Å². The van der Waals surface area contributed by atoms with Crippen LogP contribution in [0.3, 0.4) is 0 Å². The minimum atomic E-state index is -4.43. The van der Waals surface area contributed by atoms with E-state index < -0.39 is 29.5 Å². The molecule has 0 heterocycles. The van der Waals surface area contributed by atoms with Crippen LogP contribution in [-0.2, 0) is 20.6 Å². The van der Waals surface area contributed by atoms with Crippen LogP contribution in [0.25, 0.3) is 6.08 Å². The number of carbonyl (C=O) groups excluding carboxylic acids is 3. The fourth-order valence-electron chi connectivity index (χ4n) is 1.65. The molecule has 1 fully saturated rings. The number of nitrogens with one attached hydrogen (secondary N) is 3. The Morgan fingerprint density at radius 2 is 1.62 bits per heavy atom. The van der Waals surface area contributed by atoms with Crippen LogP contribution in [0, 0.1) is 0 Å². The zero-order valence-electron chi connectivity index (χ0n) is 12.3. The molecule has 1 aliphatic rings. The third-order valence-corrected chi connectivity index (χ3v) is 3.08. The summed E-state index contributed by atoms with van der Waals surface area (Å²) in [6, 6.07) is 4.20. The van der Waals surface area contributed by atoms with Gasteiger partial charge in [0, 0.05) is 12.1 Å². The van der Waals surface area contributed by atoms with E-state index in [1.807, 2.05) is 10.9 Å². The molecule has 1 aromatic rings. The van der Waals surface area contributed by atoms with Gasteiger partial charge in [-0.25, -0.2) is 0 Å². The summed E-state index contributed by atoms with van der Waals surface area (Å²) in [7, 11) is 0. The Bertz CT molecular complexity index is 665. The topological polar surface area (TPSA) is 87.3 Å².